The second-order valence-corrected chi connectivity index (χ2v) is 3.45. The van der Waals surface area contributed by atoms with Gasteiger partial charge in [0.15, 0.2) is 5.75 Å². The van der Waals surface area contributed by atoms with Gasteiger partial charge in [0.1, 0.15) is 0 Å². The lowest BCUT2D eigenvalue weighted by atomic mass is 10.3. The third-order valence-electron chi connectivity index (χ3n) is 2.16. The minimum Gasteiger partial charge on any atom is -0.490 e. The monoisotopic (exact) mass is 232 g/mol. The molecule has 5 nitrogen and oxygen atoms in total. The summed E-state index contributed by atoms with van der Waals surface area (Å²) in [6.07, 6.45) is 3.27. The first-order valence-electron chi connectivity index (χ1n) is 5.20. The molecule has 0 fully saturated rings. The second kappa shape index (κ2) is 5.16. The molecule has 88 valence electrons. The molecule has 1 N–H and O–H groups in total. The Kier molecular flexibility index (Phi) is 3.40. The number of carboxylic acids is 1. The zero-order valence-electron chi connectivity index (χ0n) is 9.11. The first-order chi connectivity index (χ1) is 8.25. The van der Waals surface area contributed by atoms with Gasteiger partial charge in [0.05, 0.1) is 31.1 Å². The topological polar surface area (TPSA) is 64.3 Å². The van der Waals surface area contributed by atoms with Crippen LogP contribution < -0.4 is 4.74 Å². The highest BCUT2D eigenvalue weighted by Gasteiger charge is 2.02. The normalized spacial score (nSPS) is 10.1. The molecule has 0 spiro atoms. The average Bonchev–Trinajstić information content (AvgIpc) is 2.78. The van der Waals surface area contributed by atoms with Gasteiger partial charge in [0, 0.05) is 0 Å². The van der Waals surface area contributed by atoms with Crippen LogP contribution in [-0.4, -0.2) is 27.5 Å². The fourth-order valence-electron chi connectivity index (χ4n) is 1.36. The van der Waals surface area contributed by atoms with Crippen LogP contribution in [0.2, 0.25) is 0 Å². The largest absolute Gasteiger partial charge is 0.490 e. The van der Waals surface area contributed by atoms with Gasteiger partial charge in [-0.15, -0.1) is 0 Å². The lowest BCUT2D eigenvalue weighted by Gasteiger charge is -2.00. The van der Waals surface area contributed by atoms with Gasteiger partial charge in [-0.2, -0.15) is 5.10 Å². The van der Waals surface area contributed by atoms with Crippen molar-refractivity contribution in [2.45, 2.75) is 6.42 Å². The molecule has 1 aromatic carbocycles. The number of carboxylic acid groups (broad SMARTS) is 1. The molecule has 0 saturated carbocycles. The zero-order valence-corrected chi connectivity index (χ0v) is 9.11. The molecule has 1 aromatic heterocycles. The number of para-hydroxylation sites is 1. The van der Waals surface area contributed by atoms with E-state index in [1.165, 1.54) is 0 Å². The Morgan fingerprint density at radius 1 is 1.35 bits per heavy atom. The molecular weight excluding hydrogens is 220 g/mol. The Hall–Kier alpha value is -2.30. The molecular formula is C12H12N2O3. The summed E-state index contributed by atoms with van der Waals surface area (Å²) in [4.78, 5) is 10.3. The van der Waals surface area contributed by atoms with Gasteiger partial charge >= 0.3 is 5.97 Å². The van der Waals surface area contributed by atoms with Gasteiger partial charge in [-0.1, -0.05) is 18.2 Å². The molecule has 0 atom stereocenters. The standard InChI is InChI=1S/C12H12N2O3/c15-12(16)6-7-17-11-8-13-14(9-11)10-4-2-1-3-5-10/h1-5,8-9H,6-7H2,(H,15,16). The molecule has 0 aliphatic rings. The Morgan fingerprint density at radius 2 is 2.12 bits per heavy atom. The number of nitrogens with zero attached hydrogens (tertiary/aromatic N) is 2. The minimum atomic E-state index is -0.875. The summed E-state index contributed by atoms with van der Waals surface area (Å²) in [5, 5.41) is 12.6. The Balaban J connectivity index is 1.99. The van der Waals surface area contributed by atoms with E-state index in [0.717, 1.165) is 5.69 Å². The van der Waals surface area contributed by atoms with Crippen LogP contribution in [0.3, 0.4) is 0 Å². The van der Waals surface area contributed by atoms with Gasteiger partial charge in [0.2, 0.25) is 0 Å². The molecule has 0 aliphatic heterocycles. The highest BCUT2D eigenvalue weighted by Crippen LogP contribution is 2.13. The van der Waals surface area contributed by atoms with Crippen molar-refractivity contribution >= 4 is 5.97 Å². The van der Waals surface area contributed by atoms with Crippen LogP contribution in [0.4, 0.5) is 0 Å². The summed E-state index contributed by atoms with van der Waals surface area (Å²) in [6, 6.07) is 9.61. The summed E-state index contributed by atoms with van der Waals surface area (Å²) in [7, 11) is 0. The summed E-state index contributed by atoms with van der Waals surface area (Å²) in [6.45, 7) is 0.149. The van der Waals surface area contributed by atoms with Crippen molar-refractivity contribution in [2.24, 2.45) is 0 Å². The number of rotatable bonds is 5. The third kappa shape index (κ3) is 3.07. The quantitative estimate of drug-likeness (QED) is 0.852. The smallest absolute Gasteiger partial charge is 0.306 e. The summed E-state index contributed by atoms with van der Waals surface area (Å²) >= 11 is 0. The van der Waals surface area contributed by atoms with Gasteiger partial charge < -0.3 is 9.84 Å². The molecule has 0 unspecified atom stereocenters. The number of aromatic nitrogens is 2. The van der Waals surface area contributed by atoms with E-state index < -0.39 is 5.97 Å². The second-order valence-electron chi connectivity index (χ2n) is 3.45. The van der Waals surface area contributed by atoms with Crippen molar-refractivity contribution in [3.63, 3.8) is 0 Å². The Bertz CT molecular complexity index is 493. The molecule has 0 amide bonds. The molecule has 0 aliphatic carbocycles. The molecule has 2 aromatic rings. The van der Waals surface area contributed by atoms with Crippen LogP contribution in [0.25, 0.3) is 5.69 Å². The van der Waals surface area contributed by atoms with Gasteiger partial charge in [0.25, 0.3) is 0 Å². The van der Waals surface area contributed by atoms with Gasteiger partial charge in [-0.3, -0.25) is 4.79 Å². The number of benzene rings is 1. The number of hydrogen-bond acceptors (Lipinski definition) is 3. The maximum absolute atomic E-state index is 10.3. The first kappa shape index (κ1) is 11.2. The van der Waals surface area contributed by atoms with Crippen LogP contribution in [0, 0.1) is 0 Å². The molecule has 0 saturated heterocycles. The van der Waals surface area contributed by atoms with E-state index in [4.69, 9.17) is 9.84 Å². The van der Waals surface area contributed by atoms with Crippen LogP contribution in [0.5, 0.6) is 5.75 Å². The third-order valence-corrected chi connectivity index (χ3v) is 2.16. The maximum atomic E-state index is 10.3. The summed E-state index contributed by atoms with van der Waals surface area (Å²) in [5.74, 6) is -0.310. The molecule has 2 rings (SSSR count). The number of ether oxygens (including phenoxy) is 1. The Labute approximate surface area is 98.3 Å². The molecule has 0 radical (unpaired) electrons. The van der Waals surface area contributed by atoms with Crippen molar-refractivity contribution in [3.05, 3.63) is 42.7 Å². The van der Waals surface area contributed by atoms with Gasteiger partial charge in [-0.25, -0.2) is 4.68 Å². The van der Waals surface area contributed by atoms with Crippen molar-refractivity contribution in [1.29, 1.82) is 0 Å². The minimum absolute atomic E-state index is 0.0173. The zero-order chi connectivity index (χ0) is 12.1. The van der Waals surface area contributed by atoms with E-state index in [-0.39, 0.29) is 13.0 Å². The van der Waals surface area contributed by atoms with E-state index in [0.29, 0.717) is 5.75 Å². The van der Waals surface area contributed by atoms with E-state index in [2.05, 4.69) is 5.10 Å². The fourth-order valence-corrected chi connectivity index (χ4v) is 1.36. The van der Waals surface area contributed by atoms with Crippen molar-refractivity contribution in [3.8, 4) is 11.4 Å². The van der Waals surface area contributed by atoms with Crippen molar-refractivity contribution in [2.75, 3.05) is 6.61 Å². The molecule has 17 heavy (non-hydrogen) atoms. The maximum Gasteiger partial charge on any atom is 0.306 e. The van der Waals surface area contributed by atoms with Crippen LogP contribution >= 0.6 is 0 Å². The van der Waals surface area contributed by atoms with E-state index in [9.17, 15) is 4.79 Å². The van der Waals surface area contributed by atoms with E-state index >= 15 is 0 Å². The van der Waals surface area contributed by atoms with E-state index in [1.807, 2.05) is 30.3 Å². The van der Waals surface area contributed by atoms with Crippen LogP contribution in [0.1, 0.15) is 6.42 Å². The molecule has 5 heteroatoms. The molecule has 1 heterocycles. The van der Waals surface area contributed by atoms with Crippen molar-refractivity contribution < 1.29 is 14.6 Å². The first-order valence-corrected chi connectivity index (χ1v) is 5.20. The summed E-state index contributed by atoms with van der Waals surface area (Å²) < 4.78 is 6.93. The number of aliphatic carboxylic acids is 1. The van der Waals surface area contributed by atoms with Gasteiger partial charge in [-0.05, 0) is 12.1 Å². The number of carbonyl (C=O) groups is 1. The summed E-state index contributed by atoms with van der Waals surface area (Å²) in [5.41, 5.74) is 0.931. The lowest BCUT2D eigenvalue weighted by Crippen LogP contribution is -2.04. The number of hydrogen-bond donors (Lipinski definition) is 1. The van der Waals surface area contributed by atoms with E-state index in [1.54, 1.807) is 17.1 Å². The Morgan fingerprint density at radius 3 is 2.82 bits per heavy atom. The predicted molar refractivity (Wildman–Crippen MR) is 61.3 cm³/mol. The fraction of sp³-hybridized carbons (Fsp3) is 0.167. The lowest BCUT2D eigenvalue weighted by molar-refractivity contribution is -0.137. The van der Waals surface area contributed by atoms with Crippen molar-refractivity contribution in [1.82, 2.24) is 9.78 Å². The van der Waals surface area contributed by atoms with Crippen LogP contribution in [-0.2, 0) is 4.79 Å². The average molecular weight is 232 g/mol. The predicted octanol–water partition coefficient (Wildman–Crippen LogP) is 1.73. The molecule has 0 bridgehead atoms. The SMILES string of the molecule is O=C(O)CCOc1cnn(-c2ccccc2)c1. The highest BCUT2D eigenvalue weighted by atomic mass is 16.5. The van der Waals surface area contributed by atoms with Crippen LogP contribution in [0.15, 0.2) is 42.7 Å². The highest BCUT2D eigenvalue weighted by molar-refractivity contribution is 5.66.